The minimum atomic E-state index is 0.0878. The monoisotopic (exact) mass is 327 g/mol. The Morgan fingerprint density at radius 3 is 3.13 bits per heavy atom. The van der Waals surface area contributed by atoms with Crippen LogP contribution < -0.4 is 10.6 Å². The molecular weight excluding hydrogens is 310 g/mol. The highest BCUT2D eigenvalue weighted by molar-refractivity contribution is 6.30. The van der Waals surface area contributed by atoms with Gasteiger partial charge in [0.25, 0.3) is 0 Å². The first kappa shape index (κ1) is 15.6. The molecule has 0 aliphatic carbocycles. The van der Waals surface area contributed by atoms with Crippen LogP contribution in [0.4, 0.5) is 11.4 Å². The smallest absolute Gasteiger partial charge is 0.227 e. The zero-order chi connectivity index (χ0) is 16.4. The lowest BCUT2D eigenvalue weighted by Gasteiger charge is -2.30. The van der Waals surface area contributed by atoms with Crippen LogP contribution >= 0.6 is 11.6 Å². The van der Waals surface area contributed by atoms with Gasteiger partial charge in [0.05, 0.1) is 22.1 Å². The Labute approximate surface area is 141 Å². The van der Waals surface area contributed by atoms with E-state index in [4.69, 9.17) is 17.3 Å². The number of aromatic nitrogens is 1. The minimum absolute atomic E-state index is 0.0878. The molecule has 0 saturated carbocycles. The third-order valence-electron chi connectivity index (χ3n) is 4.10. The molecular formula is C18H18ClN3O. The molecule has 1 aromatic carbocycles. The maximum atomic E-state index is 12.7. The van der Waals surface area contributed by atoms with Gasteiger partial charge in [0.15, 0.2) is 0 Å². The molecule has 3 rings (SSSR count). The van der Waals surface area contributed by atoms with E-state index < -0.39 is 0 Å². The van der Waals surface area contributed by atoms with E-state index in [9.17, 15) is 4.79 Å². The molecule has 23 heavy (non-hydrogen) atoms. The number of halogens is 1. The van der Waals surface area contributed by atoms with E-state index in [2.05, 4.69) is 17.1 Å². The van der Waals surface area contributed by atoms with Crippen LogP contribution in [0.2, 0.25) is 5.02 Å². The topological polar surface area (TPSA) is 59.2 Å². The zero-order valence-electron chi connectivity index (χ0n) is 13.0. The van der Waals surface area contributed by atoms with E-state index in [0.29, 0.717) is 29.2 Å². The van der Waals surface area contributed by atoms with Crippen LogP contribution in [0.5, 0.6) is 0 Å². The molecule has 0 unspecified atom stereocenters. The van der Waals surface area contributed by atoms with E-state index in [0.717, 1.165) is 36.2 Å². The van der Waals surface area contributed by atoms with Crippen LogP contribution in [0.15, 0.2) is 18.3 Å². The number of aryl methyl sites for hydroxylation is 2. The predicted octanol–water partition coefficient (Wildman–Crippen LogP) is 3.14. The molecule has 0 fully saturated rings. The summed E-state index contributed by atoms with van der Waals surface area (Å²) in [4.78, 5) is 18.8. The molecule has 1 aliphatic rings. The number of hydrogen-bond donors (Lipinski definition) is 1. The van der Waals surface area contributed by atoms with Crippen LogP contribution in [-0.2, 0) is 17.6 Å². The summed E-state index contributed by atoms with van der Waals surface area (Å²) in [5.74, 6) is 0.0878. The maximum absolute atomic E-state index is 12.7. The number of pyridine rings is 1. The molecule has 118 valence electrons. The van der Waals surface area contributed by atoms with Crippen molar-refractivity contribution in [1.29, 1.82) is 0 Å². The number of fused-ring (bicyclic) bond motifs is 1. The number of anilines is 2. The molecule has 0 saturated heterocycles. The number of amides is 1. The molecule has 0 radical (unpaired) electrons. The first-order valence-corrected chi connectivity index (χ1v) is 8.06. The molecule has 1 amide bonds. The average Bonchev–Trinajstić information content (AvgIpc) is 2.53. The third-order valence-corrected chi connectivity index (χ3v) is 4.30. The van der Waals surface area contributed by atoms with Gasteiger partial charge in [-0.25, -0.2) is 0 Å². The van der Waals surface area contributed by atoms with Gasteiger partial charge in [-0.2, -0.15) is 0 Å². The van der Waals surface area contributed by atoms with Gasteiger partial charge in [0.2, 0.25) is 5.91 Å². The molecule has 0 spiro atoms. The number of nitrogen functional groups attached to an aromatic ring is 1. The van der Waals surface area contributed by atoms with Crippen molar-refractivity contribution in [2.45, 2.75) is 32.6 Å². The fourth-order valence-electron chi connectivity index (χ4n) is 2.98. The fourth-order valence-corrected chi connectivity index (χ4v) is 3.15. The second-order valence-corrected chi connectivity index (χ2v) is 6.20. The number of hydrogen-bond acceptors (Lipinski definition) is 3. The van der Waals surface area contributed by atoms with Crippen molar-refractivity contribution in [3.05, 3.63) is 52.3 Å². The lowest BCUT2D eigenvalue weighted by molar-refractivity contribution is -0.118. The van der Waals surface area contributed by atoms with Gasteiger partial charge in [-0.15, -0.1) is 0 Å². The van der Waals surface area contributed by atoms with E-state index >= 15 is 0 Å². The molecule has 2 heterocycles. The average molecular weight is 328 g/mol. The first-order chi connectivity index (χ1) is 11.1. The summed E-state index contributed by atoms with van der Waals surface area (Å²) in [5, 5.41) is 0.505. The van der Waals surface area contributed by atoms with Crippen molar-refractivity contribution in [1.82, 2.24) is 4.98 Å². The van der Waals surface area contributed by atoms with E-state index in [-0.39, 0.29) is 5.91 Å². The number of carbonyl (C=O) groups excluding carboxylic acids is 1. The van der Waals surface area contributed by atoms with Gasteiger partial charge in [-0.05, 0) is 37.5 Å². The van der Waals surface area contributed by atoms with Crippen molar-refractivity contribution in [3.63, 3.8) is 0 Å². The highest BCUT2D eigenvalue weighted by Crippen LogP contribution is 2.29. The SMILES string of the molecule is Cc1cc#cc2c1N(C(=O)CCc1ncc(Cl)cc1N)CCC2. The Bertz CT molecular complexity index is 745. The second kappa shape index (κ2) is 6.47. The van der Waals surface area contributed by atoms with Crippen LogP contribution in [0.3, 0.4) is 0 Å². The Kier molecular flexibility index (Phi) is 4.40. The van der Waals surface area contributed by atoms with Crippen LogP contribution in [0, 0.1) is 19.1 Å². The molecule has 2 N–H and O–H groups in total. The van der Waals surface area contributed by atoms with E-state index in [1.54, 1.807) is 12.3 Å². The molecule has 1 aliphatic heterocycles. The zero-order valence-corrected chi connectivity index (χ0v) is 13.8. The summed E-state index contributed by atoms with van der Waals surface area (Å²) >= 11 is 5.85. The van der Waals surface area contributed by atoms with Crippen LogP contribution in [-0.4, -0.2) is 17.4 Å². The van der Waals surface area contributed by atoms with Gasteiger partial charge in [0.1, 0.15) is 0 Å². The summed E-state index contributed by atoms with van der Waals surface area (Å²) in [6, 6.07) is 9.70. The summed E-state index contributed by atoms with van der Waals surface area (Å²) in [5.41, 5.74) is 10.3. The van der Waals surface area contributed by atoms with Crippen molar-refractivity contribution in [3.8, 4) is 0 Å². The molecule has 5 heteroatoms. The molecule has 4 nitrogen and oxygen atoms in total. The minimum Gasteiger partial charge on any atom is -0.397 e. The largest absolute Gasteiger partial charge is 0.397 e. The Morgan fingerprint density at radius 1 is 1.52 bits per heavy atom. The summed E-state index contributed by atoms with van der Waals surface area (Å²) in [6.45, 7) is 2.75. The summed E-state index contributed by atoms with van der Waals surface area (Å²) in [6.07, 6.45) is 4.34. The van der Waals surface area contributed by atoms with Gasteiger partial charge in [-0.1, -0.05) is 23.7 Å². The molecule has 0 bridgehead atoms. The van der Waals surface area contributed by atoms with Gasteiger partial charge < -0.3 is 10.6 Å². The summed E-state index contributed by atoms with van der Waals surface area (Å²) < 4.78 is 0. The Hall–Kier alpha value is -2.25. The van der Waals surface area contributed by atoms with Crippen molar-refractivity contribution >= 4 is 28.9 Å². The van der Waals surface area contributed by atoms with Crippen LogP contribution in [0.1, 0.15) is 29.7 Å². The standard InChI is InChI=1S/C18H18ClN3O/c1-12-4-2-5-13-6-3-9-22(18(12)13)17(23)8-7-16-15(20)10-14(19)11-21-16/h4,10-11H,3,6-9,20H2,1H3. The number of rotatable bonds is 3. The van der Waals surface area contributed by atoms with Gasteiger partial charge in [-0.3, -0.25) is 9.78 Å². The third kappa shape index (κ3) is 3.25. The molecule has 2 aromatic rings. The number of nitrogens with zero attached hydrogens (tertiary/aromatic N) is 2. The second-order valence-electron chi connectivity index (χ2n) is 5.76. The first-order valence-electron chi connectivity index (χ1n) is 7.68. The quantitative estimate of drug-likeness (QED) is 0.942. The maximum Gasteiger partial charge on any atom is 0.227 e. The molecule has 0 atom stereocenters. The predicted molar refractivity (Wildman–Crippen MR) is 91.5 cm³/mol. The summed E-state index contributed by atoms with van der Waals surface area (Å²) in [7, 11) is 0. The number of nitrogens with two attached hydrogens (primary N) is 1. The molecule has 1 aromatic heterocycles. The van der Waals surface area contributed by atoms with Crippen molar-refractivity contribution in [2.75, 3.05) is 17.2 Å². The lowest BCUT2D eigenvalue weighted by Crippen LogP contribution is -2.36. The fraction of sp³-hybridized carbons (Fsp3) is 0.333. The Balaban J connectivity index is 1.75. The Morgan fingerprint density at radius 2 is 2.35 bits per heavy atom. The highest BCUT2D eigenvalue weighted by atomic mass is 35.5. The van der Waals surface area contributed by atoms with Crippen molar-refractivity contribution < 1.29 is 4.79 Å². The van der Waals surface area contributed by atoms with E-state index in [1.807, 2.05) is 17.9 Å². The normalized spacial score (nSPS) is 13.4. The van der Waals surface area contributed by atoms with Crippen molar-refractivity contribution in [2.24, 2.45) is 0 Å². The lowest BCUT2D eigenvalue weighted by atomic mass is 9.99. The highest BCUT2D eigenvalue weighted by Gasteiger charge is 2.24. The van der Waals surface area contributed by atoms with Crippen LogP contribution in [0.25, 0.3) is 0 Å². The number of carbonyl (C=O) groups is 1. The van der Waals surface area contributed by atoms with Gasteiger partial charge in [0, 0.05) is 31.1 Å². The van der Waals surface area contributed by atoms with Gasteiger partial charge >= 0.3 is 0 Å². The van der Waals surface area contributed by atoms with E-state index in [1.165, 1.54) is 0 Å².